The SMILES string of the molecule is N[C@@H]1CC2CC1c1cc(O)c(O)cc12. The molecule has 2 bridgehead atoms. The van der Waals surface area contributed by atoms with Gasteiger partial charge in [-0.2, -0.15) is 0 Å². The lowest BCUT2D eigenvalue weighted by Crippen LogP contribution is -2.25. The molecule has 3 nitrogen and oxygen atoms in total. The lowest BCUT2D eigenvalue weighted by atomic mass is 9.88. The van der Waals surface area contributed by atoms with Gasteiger partial charge in [0.25, 0.3) is 0 Å². The molecule has 0 saturated heterocycles. The van der Waals surface area contributed by atoms with Crippen molar-refractivity contribution in [1.82, 2.24) is 0 Å². The molecule has 0 heterocycles. The highest BCUT2D eigenvalue weighted by molar-refractivity contribution is 5.52. The van der Waals surface area contributed by atoms with Gasteiger partial charge in [0, 0.05) is 12.0 Å². The Morgan fingerprint density at radius 2 is 1.71 bits per heavy atom. The highest BCUT2D eigenvalue weighted by Gasteiger charge is 2.42. The normalized spacial score (nSPS) is 33.4. The zero-order valence-corrected chi connectivity index (χ0v) is 7.77. The van der Waals surface area contributed by atoms with Gasteiger partial charge in [-0.15, -0.1) is 0 Å². The molecule has 2 aliphatic carbocycles. The minimum Gasteiger partial charge on any atom is -0.504 e. The molecule has 0 spiro atoms. The third-order valence-corrected chi connectivity index (χ3v) is 3.63. The summed E-state index contributed by atoms with van der Waals surface area (Å²) in [5, 5.41) is 18.8. The van der Waals surface area contributed by atoms with E-state index in [1.807, 2.05) is 0 Å². The first-order chi connectivity index (χ1) is 6.66. The van der Waals surface area contributed by atoms with E-state index in [0.29, 0.717) is 11.8 Å². The summed E-state index contributed by atoms with van der Waals surface area (Å²) in [5.74, 6) is 0.853. The Morgan fingerprint density at radius 3 is 2.43 bits per heavy atom. The molecule has 1 aromatic carbocycles. The topological polar surface area (TPSA) is 66.5 Å². The molecule has 14 heavy (non-hydrogen) atoms. The summed E-state index contributed by atoms with van der Waals surface area (Å²) in [7, 11) is 0. The summed E-state index contributed by atoms with van der Waals surface area (Å²) in [5.41, 5.74) is 8.31. The minimum absolute atomic E-state index is 0.00938. The van der Waals surface area contributed by atoms with E-state index in [4.69, 9.17) is 5.73 Å². The summed E-state index contributed by atoms with van der Waals surface area (Å²) in [6.07, 6.45) is 2.10. The average molecular weight is 191 g/mol. The molecular formula is C11H13NO2. The number of hydrogen-bond donors (Lipinski definition) is 3. The molecule has 1 saturated carbocycles. The van der Waals surface area contributed by atoms with Crippen molar-refractivity contribution in [1.29, 1.82) is 0 Å². The minimum atomic E-state index is -0.0245. The third-order valence-electron chi connectivity index (χ3n) is 3.63. The number of nitrogens with two attached hydrogens (primary N) is 1. The highest BCUT2D eigenvalue weighted by atomic mass is 16.3. The van der Waals surface area contributed by atoms with Gasteiger partial charge >= 0.3 is 0 Å². The van der Waals surface area contributed by atoms with Gasteiger partial charge in [0.15, 0.2) is 11.5 Å². The average Bonchev–Trinajstić information content (AvgIpc) is 2.64. The van der Waals surface area contributed by atoms with Gasteiger partial charge in [0.2, 0.25) is 0 Å². The highest BCUT2D eigenvalue weighted by Crippen LogP contribution is 2.54. The second-order valence-corrected chi connectivity index (χ2v) is 4.41. The Morgan fingerprint density at radius 1 is 1.07 bits per heavy atom. The second kappa shape index (κ2) is 2.42. The zero-order chi connectivity index (χ0) is 9.87. The van der Waals surface area contributed by atoms with Crippen LogP contribution >= 0.6 is 0 Å². The van der Waals surface area contributed by atoms with Crippen molar-refractivity contribution in [2.75, 3.05) is 0 Å². The Kier molecular flexibility index (Phi) is 1.40. The smallest absolute Gasteiger partial charge is 0.157 e. The Hall–Kier alpha value is -1.22. The molecule has 3 atom stereocenters. The van der Waals surface area contributed by atoms with E-state index < -0.39 is 0 Å². The molecule has 3 heteroatoms. The first-order valence-electron chi connectivity index (χ1n) is 4.98. The van der Waals surface area contributed by atoms with Crippen LogP contribution in [-0.2, 0) is 0 Å². The fourth-order valence-corrected chi connectivity index (χ4v) is 2.97. The van der Waals surface area contributed by atoms with E-state index in [9.17, 15) is 10.2 Å². The van der Waals surface area contributed by atoms with Crippen molar-refractivity contribution >= 4 is 0 Å². The maximum atomic E-state index is 9.41. The van der Waals surface area contributed by atoms with Crippen molar-refractivity contribution < 1.29 is 10.2 Å². The molecule has 1 aromatic rings. The van der Waals surface area contributed by atoms with Crippen LogP contribution in [0.3, 0.4) is 0 Å². The number of aromatic hydroxyl groups is 2. The maximum absolute atomic E-state index is 9.41. The molecular weight excluding hydrogens is 178 g/mol. The Labute approximate surface area is 82.2 Å². The first-order valence-corrected chi connectivity index (χ1v) is 4.98. The van der Waals surface area contributed by atoms with Crippen molar-refractivity contribution in [3.63, 3.8) is 0 Å². The maximum Gasteiger partial charge on any atom is 0.157 e. The molecule has 0 aliphatic heterocycles. The Balaban J connectivity index is 2.18. The van der Waals surface area contributed by atoms with Crippen LogP contribution in [0.1, 0.15) is 35.8 Å². The van der Waals surface area contributed by atoms with Crippen LogP contribution in [0.2, 0.25) is 0 Å². The van der Waals surface area contributed by atoms with Gasteiger partial charge in [0.05, 0.1) is 0 Å². The van der Waals surface area contributed by atoms with Crippen LogP contribution < -0.4 is 5.73 Å². The fraction of sp³-hybridized carbons (Fsp3) is 0.455. The number of phenols is 2. The van der Waals surface area contributed by atoms with Crippen molar-refractivity contribution in [2.45, 2.75) is 30.7 Å². The standard InChI is InChI=1S/C11H13NO2/c12-9-2-5-1-8(9)7-4-11(14)10(13)3-6(5)7/h3-5,8-9,13-14H,1-2,12H2/t5?,8?,9-/m1/s1. The predicted molar refractivity (Wildman–Crippen MR) is 52.5 cm³/mol. The van der Waals surface area contributed by atoms with Gasteiger partial charge in [-0.3, -0.25) is 0 Å². The molecule has 2 unspecified atom stereocenters. The van der Waals surface area contributed by atoms with E-state index in [1.165, 1.54) is 5.56 Å². The molecule has 2 aliphatic rings. The number of hydrogen-bond acceptors (Lipinski definition) is 3. The summed E-state index contributed by atoms with van der Waals surface area (Å²) < 4.78 is 0. The predicted octanol–water partition coefficient (Wildman–Crippen LogP) is 1.40. The fourth-order valence-electron chi connectivity index (χ4n) is 2.97. The van der Waals surface area contributed by atoms with Gasteiger partial charge in [-0.05, 0) is 42.0 Å². The molecule has 3 rings (SSSR count). The molecule has 0 aromatic heterocycles. The first kappa shape index (κ1) is 8.12. The van der Waals surface area contributed by atoms with E-state index in [2.05, 4.69) is 0 Å². The molecule has 0 amide bonds. The van der Waals surface area contributed by atoms with Crippen LogP contribution in [0, 0.1) is 0 Å². The van der Waals surface area contributed by atoms with Crippen LogP contribution in [0.15, 0.2) is 12.1 Å². The van der Waals surface area contributed by atoms with Crippen molar-refractivity contribution in [3.05, 3.63) is 23.3 Å². The third kappa shape index (κ3) is 0.852. The molecule has 74 valence electrons. The lowest BCUT2D eigenvalue weighted by Gasteiger charge is -2.21. The summed E-state index contributed by atoms with van der Waals surface area (Å²) in [4.78, 5) is 0. The lowest BCUT2D eigenvalue weighted by molar-refractivity contribution is 0.401. The number of rotatable bonds is 0. The molecule has 1 fully saturated rings. The zero-order valence-electron chi connectivity index (χ0n) is 7.77. The monoisotopic (exact) mass is 191 g/mol. The van der Waals surface area contributed by atoms with E-state index in [-0.39, 0.29) is 17.5 Å². The van der Waals surface area contributed by atoms with Crippen LogP contribution in [0.25, 0.3) is 0 Å². The number of phenolic OH excluding ortho intramolecular Hbond substituents is 2. The summed E-state index contributed by atoms with van der Waals surface area (Å²) in [6, 6.07) is 3.60. The van der Waals surface area contributed by atoms with E-state index >= 15 is 0 Å². The van der Waals surface area contributed by atoms with Crippen molar-refractivity contribution in [2.24, 2.45) is 5.73 Å². The van der Waals surface area contributed by atoms with E-state index in [0.717, 1.165) is 18.4 Å². The number of benzene rings is 1. The largest absolute Gasteiger partial charge is 0.504 e. The van der Waals surface area contributed by atoms with Gasteiger partial charge < -0.3 is 15.9 Å². The van der Waals surface area contributed by atoms with Crippen LogP contribution in [-0.4, -0.2) is 16.3 Å². The van der Waals surface area contributed by atoms with Crippen LogP contribution in [0.5, 0.6) is 11.5 Å². The van der Waals surface area contributed by atoms with Crippen LogP contribution in [0.4, 0.5) is 0 Å². The van der Waals surface area contributed by atoms with Gasteiger partial charge in [0.1, 0.15) is 0 Å². The summed E-state index contributed by atoms with van der Waals surface area (Å²) in [6.45, 7) is 0. The number of fused-ring (bicyclic) bond motifs is 5. The van der Waals surface area contributed by atoms with Crippen molar-refractivity contribution in [3.8, 4) is 11.5 Å². The van der Waals surface area contributed by atoms with Gasteiger partial charge in [-0.1, -0.05) is 0 Å². The Bertz CT molecular complexity index is 403. The quantitative estimate of drug-likeness (QED) is 0.543. The molecule has 0 radical (unpaired) electrons. The molecule has 4 N–H and O–H groups in total. The summed E-state index contributed by atoms with van der Waals surface area (Å²) >= 11 is 0. The van der Waals surface area contributed by atoms with E-state index in [1.54, 1.807) is 12.1 Å². The second-order valence-electron chi connectivity index (χ2n) is 4.41. The van der Waals surface area contributed by atoms with Gasteiger partial charge in [-0.25, -0.2) is 0 Å².